The lowest BCUT2D eigenvalue weighted by Gasteiger charge is -2.19. The summed E-state index contributed by atoms with van der Waals surface area (Å²) < 4.78 is 6.12. The molecule has 2 nitrogen and oxygen atoms in total. The lowest BCUT2D eigenvalue weighted by molar-refractivity contribution is 0.137. The molecule has 1 N–H and O–H groups in total. The van der Waals surface area contributed by atoms with Gasteiger partial charge in [0.05, 0.1) is 0 Å². The molecule has 1 aromatic rings. The van der Waals surface area contributed by atoms with Gasteiger partial charge in [0.2, 0.25) is 0 Å². The first-order valence-electron chi connectivity index (χ1n) is 8.05. The van der Waals surface area contributed by atoms with Gasteiger partial charge in [0.15, 0.2) is 0 Å². The van der Waals surface area contributed by atoms with Crippen LogP contribution in [0.15, 0.2) is 18.2 Å². The van der Waals surface area contributed by atoms with Crippen molar-refractivity contribution in [1.29, 1.82) is 0 Å². The Morgan fingerprint density at radius 2 is 2.10 bits per heavy atom. The van der Waals surface area contributed by atoms with E-state index in [1.807, 2.05) is 0 Å². The van der Waals surface area contributed by atoms with E-state index in [2.05, 4.69) is 51.2 Å². The summed E-state index contributed by atoms with van der Waals surface area (Å²) in [6.45, 7) is 9.77. The fourth-order valence-corrected chi connectivity index (χ4v) is 2.91. The van der Waals surface area contributed by atoms with Crippen molar-refractivity contribution in [3.05, 3.63) is 29.3 Å². The van der Waals surface area contributed by atoms with Crippen LogP contribution >= 0.6 is 0 Å². The number of para-hydroxylation sites is 1. The molecule has 0 fully saturated rings. The second-order valence-electron chi connectivity index (χ2n) is 6.72. The molecular formula is C18H29NO. The molecule has 20 heavy (non-hydrogen) atoms. The van der Waals surface area contributed by atoms with Gasteiger partial charge >= 0.3 is 0 Å². The molecule has 2 heteroatoms. The zero-order chi connectivity index (χ0) is 14.6. The van der Waals surface area contributed by atoms with Gasteiger partial charge in [-0.1, -0.05) is 44.4 Å². The summed E-state index contributed by atoms with van der Waals surface area (Å²) in [6.07, 6.45) is 6.23. The molecular weight excluding hydrogens is 246 g/mol. The molecule has 0 spiro atoms. The third kappa shape index (κ3) is 3.99. The van der Waals surface area contributed by atoms with E-state index in [0.29, 0.717) is 6.04 Å². The highest BCUT2D eigenvalue weighted by Crippen LogP contribution is 2.37. The predicted octanol–water partition coefficient (Wildman–Crippen LogP) is 4.46. The smallest absolute Gasteiger partial charge is 0.127 e. The lowest BCUT2D eigenvalue weighted by atomic mass is 10.0. The van der Waals surface area contributed by atoms with Gasteiger partial charge < -0.3 is 10.1 Å². The van der Waals surface area contributed by atoms with Gasteiger partial charge in [-0.15, -0.1) is 0 Å². The number of hydrogen-bond acceptors (Lipinski definition) is 2. The Labute approximate surface area is 123 Å². The van der Waals surface area contributed by atoms with Crippen LogP contribution in [0, 0.1) is 0 Å². The van der Waals surface area contributed by atoms with Crippen molar-refractivity contribution in [2.75, 3.05) is 0 Å². The number of nitrogens with one attached hydrogen (secondary N) is 1. The number of ether oxygens (including phenoxy) is 1. The first kappa shape index (κ1) is 15.4. The van der Waals surface area contributed by atoms with Crippen molar-refractivity contribution < 1.29 is 4.74 Å². The summed E-state index contributed by atoms with van der Waals surface area (Å²) >= 11 is 0. The van der Waals surface area contributed by atoms with Crippen LogP contribution in [0.25, 0.3) is 0 Å². The summed E-state index contributed by atoms with van der Waals surface area (Å²) in [5, 5.41) is 3.63. The van der Waals surface area contributed by atoms with E-state index in [0.717, 1.165) is 18.7 Å². The van der Waals surface area contributed by atoms with Crippen molar-refractivity contribution in [2.45, 2.75) is 78.0 Å². The third-order valence-electron chi connectivity index (χ3n) is 4.05. The van der Waals surface area contributed by atoms with E-state index >= 15 is 0 Å². The Balaban J connectivity index is 1.90. The predicted molar refractivity (Wildman–Crippen MR) is 85.3 cm³/mol. The van der Waals surface area contributed by atoms with Crippen LogP contribution in [0.3, 0.4) is 0 Å². The molecule has 0 radical (unpaired) electrons. The number of fused-ring (bicyclic) bond motifs is 1. The number of rotatable bonds is 7. The van der Waals surface area contributed by atoms with Gasteiger partial charge in [-0.25, -0.2) is 0 Å². The molecule has 1 atom stereocenters. The molecule has 1 aliphatic rings. The zero-order valence-electron chi connectivity index (χ0n) is 13.5. The molecule has 0 amide bonds. The molecule has 0 saturated heterocycles. The molecule has 0 bridgehead atoms. The Kier molecular flexibility index (Phi) is 5.09. The maximum Gasteiger partial charge on any atom is 0.127 e. The number of unbranched alkanes of at least 4 members (excludes halogenated alkanes) is 2. The third-order valence-corrected chi connectivity index (χ3v) is 4.05. The monoisotopic (exact) mass is 275 g/mol. The molecule has 1 aromatic carbocycles. The second-order valence-corrected chi connectivity index (χ2v) is 6.72. The summed E-state index contributed by atoms with van der Waals surface area (Å²) in [5.41, 5.74) is 2.61. The zero-order valence-corrected chi connectivity index (χ0v) is 13.5. The average Bonchev–Trinajstić information content (AvgIpc) is 2.71. The molecule has 1 heterocycles. The highest BCUT2D eigenvalue weighted by Gasteiger charge is 2.31. The van der Waals surface area contributed by atoms with Crippen LogP contribution in [0.4, 0.5) is 0 Å². The Morgan fingerprint density at radius 1 is 1.30 bits per heavy atom. The van der Waals surface area contributed by atoms with Crippen molar-refractivity contribution >= 4 is 0 Å². The van der Waals surface area contributed by atoms with Gasteiger partial charge in [0, 0.05) is 24.6 Å². The van der Waals surface area contributed by atoms with E-state index in [9.17, 15) is 0 Å². The largest absolute Gasteiger partial charge is 0.487 e. The highest BCUT2D eigenvalue weighted by molar-refractivity contribution is 5.45. The lowest BCUT2D eigenvalue weighted by Crippen LogP contribution is -2.27. The SMILES string of the molecule is CCCCCC(C)NCc1cccc2c1OC(C)(C)C2. The topological polar surface area (TPSA) is 21.3 Å². The van der Waals surface area contributed by atoms with E-state index in [1.165, 1.54) is 36.8 Å². The standard InChI is InChI=1S/C18H29NO/c1-5-6-7-9-14(2)19-13-16-11-8-10-15-12-18(3,4)20-17(15)16/h8,10-11,14,19H,5-7,9,12-13H2,1-4H3. The first-order chi connectivity index (χ1) is 9.52. The van der Waals surface area contributed by atoms with Crippen molar-refractivity contribution in [3.63, 3.8) is 0 Å². The van der Waals surface area contributed by atoms with Gasteiger partial charge in [0.25, 0.3) is 0 Å². The Bertz CT molecular complexity index is 439. The summed E-state index contributed by atoms with van der Waals surface area (Å²) in [5.74, 6) is 1.12. The normalized spacial score (nSPS) is 17.6. The molecule has 112 valence electrons. The van der Waals surface area contributed by atoms with Crippen molar-refractivity contribution in [2.24, 2.45) is 0 Å². The van der Waals surface area contributed by atoms with E-state index in [4.69, 9.17) is 4.74 Å². The van der Waals surface area contributed by atoms with Crippen LogP contribution < -0.4 is 10.1 Å². The van der Waals surface area contributed by atoms with Crippen LogP contribution in [0.1, 0.15) is 64.5 Å². The maximum absolute atomic E-state index is 6.12. The van der Waals surface area contributed by atoms with Gasteiger partial charge in [-0.05, 0) is 32.8 Å². The first-order valence-corrected chi connectivity index (χ1v) is 8.05. The average molecular weight is 275 g/mol. The molecule has 1 aliphatic heterocycles. The second kappa shape index (κ2) is 6.62. The Hall–Kier alpha value is -1.02. The molecule has 0 aliphatic carbocycles. The van der Waals surface area contributed by atoms with Gasteiger partial charge in [0.1, 0.15) is 11.4 Å². The minimum absolute atomic E-state index is 0.0504. The fraction of sp³-hybridized carbons (Fsp3) is 0.667. The van der Waals surface area contributed by atoms with Crippen LogP contribution in [-0.2, 0) is 13.0 Å². The van der Waals surface area contributed by atoms with Crippen LogP contribution in [-0.4, -0.2) is 11.6 Å². The summed E-state index contributed by atoms with van der Waals surface area (Å²) in [4.78, 5) is 0. The molecule has 0 saturated carbocycles. The fourth-order valence-electron chi connectivity index (χ4n) is 2.91. The van der Waals surface area contributed by atoms with Gasteiger partial charge in [-0.3, -0.25) is 0 Å². The Morgan fingerprint density at radius 3 is 2.85 bits per heavy atom. The molecule has 1 unspecified atom stereocenters. The van der Waals surface area contributed by atoms with Crippen molar-refractivity contribution in [3.8, 4) is 5.75 Å². The quantitative estimate of drug-likeness (QED) is 0.742. The molecule has 0 aromatic heterocycles. The maximum atomic E-state index is 6.12. The summed E-state index contributed by atoms with van der Waals surface area (Å²) in [6, 6.07) is 7.11. The highest BCUT2D eigenvalue weighted by atomic mass is 16.5. The number of benzene rings is 1. The van der Waals surface area contributed by atoms with E-state index in [1.54, 1.807) is 0 Å². The minimum Gasteiger partial charge on any atom is -0.487 e. The van der Waals surface area contributed by atoms with E-state index in [-0.39, 0.29) is 5.60 Å². The van der Waals surface area contributed by atoms with Crippen LogP contribution in [0.5, 0.6) is 5.75 Å². The van der Waals surface area contributed by atoms with Crippen LogP contribution in [0.2, 0.25) is 0 Å². The minimum atomic E-state index is -0.0504. The van der Waals surface area contributed by atoms with Gasteiger partial charge in [-0.2, -0.15) is 0 Å². The van der Waals surface area contributed by atoms with Crippen molar-refractivity contribution in [1.82, 2.24) is 5.32 Å². The summed E-state index contributed by atoms with van der Waals surface area (Å²) in [7, 11) is 0. The van der Waals surface area contributed by atoms with E-state index < -0.39 is 0 Å². The molecule has 2 rings (SSSR count). The number of hydrogen-bond donors (Lipinski definition) is 1.